The molecule has 4 heteroatoms. The summed E-state index contributed by atoms with van der Waals surface area (Å²) < 4.78 is 22.0. The van der Waals surface area contributed by atoms with Gasteiger partial charge in [0, 0.05) is 7.11 Å². The first-order valence-electron chi connectivity index (χ1n) is 4.27. The molecular weight excluding hydrogens is 175 g/mol. The maximum atomic E-state index is 11.7. The molecule has 1 aliphatic rings. The van der Waals surface area contributed by atoms with Crippen LogP contribution in [-0.4, -0.2) is 18.9 Å². The Morgan fingerprint density at radius 3 is 2.42 bits per heavy atom. The summed E-state index contributed by atoms with van der Waals surface area (Å²) in [7, 11) is -1.28. The Morgan fingerprint density at radius 2 is 2.17 bits per heavy atom. The largest absolute Gasteiger partial charge is 0.331 e. The molecule has 12 heavy (non-hydrogen) atoms. The Bertz CT molecular complexity index is 214. The lowest BCUT2D eigenvalue weighted by Gasteiger charge is -2.27. The summed E-state index contributed by atoms with van der Waals surface area (Å²) in [6.07, 6.45) is 1.38. The molecule has 0 aromatic rings. The summed E-state index contributed by atoms with van der Waals surface area (Å²) >= 11 is 0. The molecular formula is C8H17O3P. The van der Waals surface area contributed by atoms with Gasteiger partial charge in [-0.1, -0.05) is 13.8 Å². The van der Waals surface area contributed by atoms with Gasteiger partial charge in [-0.2, -0.15) is 0 Å². The molecule has 0 amide bonds. The third kappa shape index (κ3) is 1.73. The van der Waals surface area contributed by atoms with Gasteiger partial charge in [-0.3, -0.25) is 4.57 Å². The van der Waals surface area contributed by atoms with E-state index in [0.29, 0.717) is 12.1 Å². The first-order valence-corrected chi connectivity index (χ1v) is 6.00. The molecule has 0 aliphatic carbocycles. The first kappa shape index (κ1) is 10.2. The van der Waals surface area contributed by atoms with Crippen molar-refractivity contribution in [1.29, 1.82) is 0 Å². The van der Waals surface area contributed by atoms with E-state index in [9.17, 15) is 4.57 Å². The van der Waals surface area contributed by atoms with E-state index in [0.717, 1.165) is 6.42 Å². The molecule has 1 fully saturated rings. The van der Waals surface area contributed by atoms with Crippen LogP contribution in [0.5, 0.6) is 0 Å². The molecule has 3 nitrogen and oxygen atoms in total. The highest BCUT2D eigenvalue weighted by molar-refractivity contribution is 7.54. The Balaban J connectivity index is 2.73. The second-order valence-electron chi connectivity index (χ2n) is 3.83. The van der Waals surface area contributed by atoms with Crippen LogP contribution in [0.2, 0.25) is 0 Å². The number of hydrogen-bond acceptors (Lipinski definition) is 3. The SMILES string of the molecule is COP1(=O)CCC(C)(C(C)C)O1. The summed E-state index contributed by atoms with van der Waals surface area (Å²) in [5.41, 5.74) is -0.258. The van der Waals surface area contributed by atoms with Gasteiger partial charge in [0.15, 0.2) is 0 Å². The summed E-state index contributed by atoms with van der Waals surface area (Å²) in [5.74, 6) is 0.378. The summed E-state index contributed by atoms with van der Waals surface area (Å²) in [4.78, 5) is 0. The molecule has 0 aromatic carbocycles. The average Bonchev–Trinajstić information content (AvgIpc) is 2.30. The Labute approximate surface area is 74.0 Å². The van der Waals surface area contributed by atoms with Crippen LogP contribution < -0.4 is 0 Å². The van der Waals surface area contributed by atoms with Gasteiger partial charge in [0.05, 0.1) is 11.8 Å². The van der Waals surface area contributed by atoms with Crippen molar-refractivity contribution in [2.75, 3.05) is 13.3 Å². The van der Waals surface area contributed by atoms with E-state index in [4.69, 9.17) is 9.05 Å². The van der Waals surface area contributed by atoms with E-state index in [1.54, 1.807) is 0 Å². The van der Waals surface area contributed by atoms with E-state index in [-0.39, 0.29) is 5.60 Å². The zero-order valence-electron chi connectivity index (χ0n) is 8.16. The molecule has 0 spiro atoms. The number of rotatable bonds is 2. The summed E-state index contributed by atoms with van der Waals surface area (Å²) in [5, 5.41) is 0. The van der Waals surface area contributed by atoms with Crippen molar-refractivity contribution >= 4 is 7.60 Å². The minimum Gasteiger partial charge on any atom is -0.312 e. The zero-order valence-corrected chi connectivity index (χ0v) is 9.06. The van der Waals surface area contributed by atoms with Gasteiger partial charge in [0.1, 0.15) is 0 Å². The predicted molar refractivity (Wildman–Crippen MR) is 48.4 cm³/mol. The van der Waals surface area contributed by atoms with Gasteiger partial charge in [-0.25, -0.2) is 0 Å². The molecule has 2 unspecified atom stereocenters. The Kier molecular flexibility index (Phi) is 2.67. The molecule has 1 aliphatic heterocycles. The third-order valence-corrected chi connectivity index (χ3v) is 4.75. The normalized spacial score (nSPS) is 42.4. The fourth-order valence-corrected chi connectivity index (χ4v) is 3.29. The van der Waals surface area contributed by atoms with E-state index < -0.39 is 7.60 Å². The standard InChI is InChI=1S/C8H17O3P/c1-7(2)8(3)5-6-12(9,10-4)11-8/h7H,5-6H2,1-4H3. The maximum absolute atomic E-state index is 11.7. The van der Waals surface area contributed by atoms with Crippen LogP contribution in [0.15, 0.2) is 0 Å². The molecule has 2 atom stereocenters. The van der Waals surface area contributed by atoms with E-state index >= 15 is 0 Å². The maximum Gasteiger partial charge on any atom is 0.331 e. The van der Waals surface area contributed by atoms with Gasteiger partial charge >= 0.3 is 7.60 Å². The predicted octanol–water partition coefficient (Wildman–Crippen LogP) is 2.66. The van der Waals surface area contributed by atoms with E-state index in [1.807, 2.05) is 6.92 Å². The molecule has 0 radical (unpaired) electrons. The Morgan fingerprint density at radius 1 is 1.58 bits per heavy atom. The molecule has 0 bridgehead atoms. The zero-order chi connectivity index (χ0) is 9.41. The van der Waals surface area contributed by atoms with Crippen molar-refractivity contribution in [2.45, 2.75) is 32.8 Å². The fourth-order valence-electron chi connectivity index (χ4n) is 1.29. The average molecular weight is 192 g/mol. The number of hydrogen-bond donors (Lipinski definition) is 0. The monoisotopic (exact) mass is 192 g/mol. The third-order valence-electron chi connectivity index (χ3n) is 2.73. The van der Waals surface area contributed by atoms with E-state index in [1.165, 1.54) is 7.11 Å². The molecule has 1 heterocycles. The Hall–Kier alpha value is 0.150. The quantitative estimate of drug-likeness (QED) is 0.631. The lowest BCUT2D eigenvalue weighted by Crippen LogP contribution is -2.29. The van der Waals surface area contributed by atoms with Crippen LogP contribution in [0.25, 0.3) is 0 Å². The summed E-state index contributed by atoms with van der Waals surface area (Å²) in [6, 6.07) is 0. The van der Waals surface area contributed by atoms with Crippen LogP contribution in [0.4, 0.5) is 0 Å². The van der Waals surface area contributed by atoms with Crippen molar-refractivity contribution in [3.8, 4) is 0 Å². The second kappa shape index (κ2) is 3.13. The van der Waals surface area contributed by atoms with Crippen LogP contribution in [-0.2, 0) is 13.6 Å². The van der Waals surface area contributed by atoms with Crippen LogP contribution in [0.3, 0.4) is 0 Å². The lowest BCUT2D eigenvalue weighted by atomic mass is 9.90. The van der Waals surface area contributed by atoms with Crippen LogP contribution in [0.1, 0.15) is 27.2 Å². The van der Waals surface area contributed by atoms with Crippen LogP contribution >= 0.6 is 7.60 Å². The van der Waals surface area contributed by atoms with Crippen LogP contribution in [0, 0.1) is 5.92 Å². The van der Waals surface area contributed by atoms with Gasteiger partial charge in [-0.05, 0) is 19.3 Å². The molecule has 0 saturated carbocycles. The second-order valence-corrected chi connectivity index (χ2v) is 6.04. The van der Waals surface area contributed by atoms with Gasteiger partial charge in [0.25, 0.3) is 0 Å². The van der Waals surface area contributed by atoms with Crippen molar-refractivity contribution in [3.05, 3.63) is 0 Å². The molecule has 0 N–H and O–H groups in total. The van der Waals surface area contributed by atoms with Crippen molar-refractivity contribution in [1.82, 2.24) is 0 Å². The van der Waals surface area contributed by atoms with Crippen molar-refractivity contribution < 1.29 is 13.6 Å². The minimum atomic E-state index is -2.73. The smallest absolute Gasteiger partial charge is 0.312 e. The topological polar surface area (TPSA) is 35.5 Å². The lowest BCUT2D eigenvalue weighted by molar-refractivity contribution is 0.0497. The van der Waals surface area contributed by atoms with Crippen molar-refractivity contribution in [2.24, 2.45) is 5.92 Å². The van der Waals surface area contributed by atoms with Gasteiger partial charge in [0.2, 0.25) is 0 Å². The fraction of sp³-hybridized carbons (Fsp3) is 1.00. The highest BCUT2D eigenvalue weighted by atomic mass is 31.2. The first-order chi connectivity index (χ1) is 5.42. The minimum absolute atomic E-state index is 0.258. The molecule has 0 aromatic heterocycles. The molecule has 72 valence electrons. The van der Waals surface area contributed by atoms with Gasteiger partial charge in [-0.15, -0.1) is 0 Å². The molecule has 1 saturated heterocycles. The highest BCUT2D eigenvalue weighted by Crippen LogP contribution is 2.59. The van der Waals surface area contributed by atoms with Crippen molar-refractivity contribution in [3.63, 3.8) is 0 Å². The van der Waals surface area contributed by atoms with Gasteiger partial charge < -0.3 is 9.05 Å². The van der Waals surface area contributed by atoms with E-state index in [2.05, 4.69) is 13.8 Å². The summed E-state index contributed by atoms with van der Waals surface area (Å²) in [6.45, 7) is 6.15. The molecule has 1 rings (SSSR count). The highest BCUT2D eigenvalue weighted by Gasteiger charge is 2.45.